The summed E-state index contributed by atoms with van der Waals surface area (Å²) in [6.07, 6.45) is 4.41. The Bertz CT molecular complexity index is 696. The zero-order valence-electron chi connectivity index (χ0n) is 11.1. The van der Waals surface area contributed by atoms with Crippen LogP contribution in [0.4, 0.5) is 5.82 Å². The summed E-state index contributed by atoms with van der Waals surface area (Å²) in [5, 5.41) is 10.9. The third kappa shape index (κ3) is 2.72. The lowest BCUT2D eigenvalue weighted by Gasteiger charge is -2.07. The number of hydrogen-bond donors (Lipinski definition) is 1. The number of hydrogen-bond acceptors (Lipinski definition) is 5. The minimum atomic E-state index is -0.442. The van der Waals surface area contributed by atoms with Crippen LogP contribution in [0.15, 0.2) is 22.0 Å². The summed E-state index contributed by atoms with van der Waals surface area (Å²) in [6, 6.07) is 0. The first-order valence-electron chi connectivity index (χ1n) is 5.85. The van der Waals surface area contributed by atoms with Crippen LogP contribution in [0.1, 0.15) is 5.56 Å². The standard InChI is InChI=1S/C11H16N6O2/c1-15-7-8(6-13-15)4-5-12-9-10(18)16(2)11(19)17(3)14-9/h6-7H,4-5H2,1-3H3,(H,12,14). The van der Waals surface area contributed by atoms with Gasteiger partial charge < -0.3 is 5.32 Å². The second kappa shape index (κ2) is 5.09. The van der Waals surface area contributed by atoms with Gasteiger partial charge >= 0.3 is 5.69 Å². The van der Waals surface area contributed by atoms with Crippen molar-refractivity contribution < 1.29 is 0 Å². The predicted octanol–water partition coefficient (Wildman–Crippen LogP) is -1.13. The third-order valence-electron chi connectivity index (χ3n) is 2.79. The Labute approximate surface area is 109 Å². The molecule has 0 saturated heterocycles. The van der Waals surface area contributed by atoms with Gasteiger partial charge in [-0.05, 0) is 12.0 Å². The quantitative estimate of drug-likeness (QED) is 0.755. The molecule has 0 aliphatic heterocycles. The lowest BCUT2D eigenvalue weighted by molar-refractivity contribution is 0.604. The molecule has 0 bridgehead atoms. The van der Waals surface area contributed by atoms with Crippen molar-refractivity contribution in [2.45, 2.75) is 6.42 Å². The molecule has 0 aliphatic carbocycles. The predicted molar refractivity (Wildman–Crippen MR) is 70.1 cm³/mol. The van der Waals surface area contributed by atoms with E-state index in [0.29, 0.717) is 6.54 Å². The molecule has 2 aromatic rings. The van der Waals surface area contributed by atoms with E-state index in [-0.39, 0.29) is 5.82 Å². The maximum Gasteiger partial charge on any atom is 0.346 e. The number of nitrogens with zero attached hydrogens (tertiary/aromatic N) is 5. The van der Waals surface area contributed by atoms with Crippen molar-refractivity contribution in [3.8, 4) is 0 Å². The highest BCUT2D eigenvalue weighted by Gasteiger charge is 2.07. The van der Waals surface area contributed by atoms with Crippen LogP contribution >= 0.6 is 0 Å². The van der Waals surface area contributed by atoms with E-state index in [0.717, 1.165) is 21.2 Å². The van der Waals surface area contributed by atoms with Gasteiger partial charge in [0.25, 0.3) is 5.56 Å². The highest BCUT2D eigenvalue weighted by molar-refractivity contribution is 5.29. The highest BCUT2D eigenvalue weighted by atomic mass is 16.2. The van der Waals surface area contributed by atoms with E-state index in [2.05, 4.69) is 15.5 Å². The van der Waals surface area contributed by atoms with Crippen molar-refractivity contribution >= 4 is 5.82 Å². The number of aromatic nitrogens is 5. The molecule has 2 aromatic heterocycles. The molecule has 0 aromatic carbocycles. The van der Waals surface area contributed by atoms with Crippen molar-refractivity contribution in [1.29, 1.82) is 0 Å². The van der Waals surface area contributed by atoms with Gasteiger partial charge in [0.05, 0.1) is 6.20 Å². The van der Waals surface area contributed by atoms with E-state index in [1.807, 2.05) is 13.2 Å². The topological polar surface area (TPSA) is 86.7 Å². The first kappa shape index (κ1) is 13.1. The molecule has 2 rings (SSSR count). The molecule has 2 heterocycles. The van der Waals surface area contributed by atoms with Crippen LogP contribution in [0.25, 0.3) is 0 Å². The SMILES string of the molecule is Cn1cc(CCNc2nn(C)c(=O)n(C)c2=O)cn1. The summed E-state index contributed by atoms with van der Waals surface area (Å²) in [6.45, 7) is 0.548. The van der Waals surface area contributed by atoms with Crippen molar-refractivity contribution in [3.63, 3.8) is 0 Å². The average Bonchev–Trinajstić information content (AvgIpc) is 2.79. The fraction of sp³-hybridized carbons (Fsp3) is 0.455. The zero-order chi connectivity index (χ0) is 14.0. The van der Waals surface area contributed by atoms with E-state index in [4.69, 9.17) is 0 Å². The van der Waals surface area contributed by atoms with Crippen LogP contribution in [0.2, 0.25) is 0 Å². The zero-order valence-corrected chi connectivity index (χ0v) is 11.1. The Morgan fingerprint density at radius 2 is 2.00 bits per heavy atom. The maximum atomic E-state index is 11.8. The van der Waals surface area contributed by atoms with Gasteiger partial charge in [0.15, 0.2) is 0 Å². The molecular weight excluding hydrogens is 248 g/mol. The second-order valence-corrected chi connectivity index (χ2v) is 4.32. The molecule has 0 spiro atoms. The summed E-state index contributed by atoms with van der Waals surface area (Å²) in [7, 11) is 4.79. The summed E-state index contributed by atoms with van der Waals surface area (Å²) in [5.74, 6) is 0.175. The molecule has 0 unspecified atom stereocenters. The fourth-order valence-electron chi connectivity index (χ4n) is 1.74. The van der Waals surface area contributed by atoms with E-state index < -0.39 is 11.2 Å². The molecule has 8 heteroatoms. The third-order valence-corrected chi connectivity index (χ3v) is 2.79. The lowest BCUT2D eigenvalue weighted by atomic mass is 10.2. The van der Waals surface area contributed by atoms with Gasteiger partial charge in [0, 0.05) is 33.9 Å². The van der Waals surface area contributed by atoms with Crippen molar-refractivity contribution in [2.24, 2.45) is 21.1 Å². The second-order valence-electron chi connectivity index (χ2n) is 4.32. The van der Waals surface area contributed by atoms with Gasteiger partial charge in [-0.1, -0.05) is 0 Å². The average molecular weight is 264 g/mol. The first-order valence-corrected chi connectivity index (χ1v) is 5.85. The number of nitrogens with one attached hydrogen (secondary N) is 1. The molecular formula is C11H16N6O2. The molecule has 102 valence electrons. The van der Waals surface area contributed by atoms with Crippen LogP contribution < -0.4 is 16.6 Å². The van der Waals surface area contributed by atoms with E-state index in [1.54, 1.807) is 10.9 Å². The monoisotopic (exact) mass is 264 g/mol. The molecule has 0 amide bonds. The largest absolute Gasteiger partial charge is 0.364 e. The molecule has 0 aliphatic rings. The molecule has 0 saturated carbocycles. The van der Waals surface area contributed by atoms with E-state index in [1.165, 1.54) is 14.1 Å². The molecule has 0 fully saturated rings. The maximum absolute atomic E-state index is 11.8. The molecule has 0 radical (unpaired) electrons. The highest BCUT2D eigenvalue weighted by Crippen LogP contribution is 1.98. The van der Waals surface area contributed by atoms with Gasteiger partial charge in [0.2, 0.25) is 5.82 Å². The van der Waals surface area contributed by atoms with Crippen LogP contribution in [0.3, 0.4) is 0 Å². The summed E-state index contributed by atoms with van der Waals surface area (Å²) < 4.78 is 3.88. The fourth-order valence-corrected chi connectivity index (χ4v) is 1.74. The van der Waals surface area contributed by atoms with Gasteiger partial charge in [-0.25, -0.2) is 9.48 Å². The Balaban J connectivity index is 2.08. The normalized spacial score (nSPS) is 10.7. The Kier molecular flexibility index (Phi) is 3.50. The minimum Gasteiger partial charge on any atom is -0.364 e. The molecule has 19 heavy (non-hydrogen) atoms. The van der Waals surface area contributed by atoms with Gasteiger partial charge in [-0.3, -0.25) is 14.0 Å². The number of rotatable bonds is 4. The van der Waals surface area contributed by atoms with Crippen LogP contribution in [0, 0.1) is 0 Å². The van der Waals surface area contributed by atoms with Crippen molar-refractivity contribution in [3.05, 3.63) is 38.8 Å². The van der Waals surface area contributed by atoms with Gasteiger partial charge in [-0.15, -0.1) is 5.10 Å². The minimum absolute atomic E-state index is 0.175. The number of anilines is 1. The van der Waals surface area contributed by atoms with Crippen LogP contribution in [0.5, 0.6) is 0 Å². The first-order chi connectivity index (χ1) is 8.99. The van der Waals surface area contributed by atoms with Crippen molar-refractivity contribution in [2.75, 3.05) is 11.9 Å². The summed E-state index contributed by atoms with van der Waals surface area (Å²) in [5.41, 5.74) is 0.203. The van der Waals surface area contributed by atoms with Crippen LogP contribution in [-0.4, -0.2) is 30.7 Å². The molecule has 1 N–H and O–H groups in total. The number of aryl methyl sites for hydroxylation is 2. The molecule has 0 atom stereocenters. The Morgan fingerprint density at radius 1 is 1.26 bits per heavy atom. The van der Waals surface area contributed by atoms with Crippen molar-refractivity contribution in [1.82, 2.24) is 24.1 Å². The van der Waals surface area contributed by atoms with E-state index in [9.17, 15) is 9.59 Å². The Hall–Kier alpha value is -2.38. The Morgan fingerprint density at radius 3 is 2.63 bits per heavy atom. The smallest absolute Gasteiger partial charge is 0.346 e. The summed E-state index contributed by atoms with van der Waals surface area (Å²) in [4.78, 5) is 23.3. The van der Waals surface area contributed by atoms with Gasteiger partial charge in [0.1, 0.15) is 0 Å². The summed E-state index contributed by atoms with van der Waals surface area (Å²) >= 11 is 0. The van der Waals surface area contributed by atoms with Crippen LogP contribution in [-0.2, 0) is 27.6 Å². The molecule has 8 nitrogen and oxygen atoms in total. The lowest BCUT2D eigenvalue weighted by Crippen LogP contribution is -2.40. The van der Waals surface area contributed by atoms with Gasteiger partial charge in [-0.2, -0.15) is 5.10 Å². The van der Waals surface area contributed by atoms with E-state index >= 15 is 0 Å².